The van der Waals surface area contributed by atoms with Crippen molar-refractivity contribution in [1.82, 2.24) is 0 Å². The Morgan fingerprint density at radius 1 is 0.315 bits per heavy atom. The average molecular weight is 948 g/mol. The molecule has 2 heteroatoms. The molecular weight excluding hydrogens is 899 g/mol. The van der Waals surface area contributed by atoms with Gasteiger partial charge in [-0.3, -0.25) is 0 Å². The smallest absolute Gasteiger partial charge is 0.0728 e. The van der Waals surface area contributed by atoms with E-state index in [4.69, 9.17) is 0 Å². The van der Waals surface area contributed by atoms with Crippen LogP contribution < -0.4 is 4.90 Å². The third-order valence-electron chi connectivity index (χ3n) is 16.8. The molecule has 1 aromatic heterocycles. The molecule has 0 amide bonds. The van der Waals surface area contributed by atoms with E-state index < -0.39 is 10.8 Å². The molecule has 15 rings (SSSR count). The molecule has 0 saturated heterocycles. The van der Waals surface area contributed by atoms with Crippen molar-refractivity contribution in [3.05, 3.63) is 316 Å². The van der Waals surface area contributed by atoms with Crippen LogP contribution in [-0.2, 0) is 16.2 Å². The summed E-state index contributed by atoms with van der Waals surface area (Å²) in [5, 5.41) is 2.63. The van der Waals surface area contributed by atoms with Crippen LogP contribution in [0.15, 0.2) is 261 Å². The number of fused-ring (bicyclic) bond motifs is 11. The highest BCUT2D eigenvalue weighted by atomic mass is 32.1. The Labute approximate surface area is 431 Å². The Morgan fingerprint density at radius 2 is 0.836 bits per heavy atom. The zero-order valence-corrected chi connectivity index (χ0v) is 41.5. The molecule has 0 radical (unpaired) electrons. The van der Waals surface area contributed by atoms with Crippen molar-refractivity contribution in [3.8, 4) is 33.4 Å². The van der Waals surface area contributed by atoms with Gasteiger partial charge in [0.1, 0.15) is 0 Å². The standard InChI is InChI=1S/C71H49NS/c1-69(2)58-28-12-9-24-52(58)54-42-41-51(45-64(54)69)72(50-39-36-46(37-40-50)47-38-43-67-57(44-47)55-26-11-18-35-66(55)73-67)65-34-17-16-32-62(65)70(48-20-5-3-6-21-48)60-30-14-15-31-61(60)71(49-22-7-4-8-23-49)59-29-13-10-25-53(59)56-27-19-33-63(70)68(56)71/h3-45H,1-2H3. The van der Waals surface area contributed by atoms with Gasteiger partial charge in [-0.2, -0.15) is 0 Å². The molecule has 3 aliphatic rings. The lowest BCUT2D eigenvalue weighted by Gasteiger charge is -2.50. The molecule has 0 fully saturated rings. The number of benzene rings is 11. The molecule has 11 aromatic carbocycles. The van der Waals surface area contributed by atoms with E-state index in [1.165, 1.54) is 109 Å². The molecule has 2 unspecified atom stereocenters. The monoisotopic (exact) mass is 947 g/mol. The summed E-state index contributed by atoms with van der Waals surface area (Å²) >= 11 is 1.87. The zero-order valence-electron chi connectivity index (χ0n) is 40.7. The minimum Gasteiger partial charge on any atom is -0.310 e. The summed E-state index contributed by atoms with van der Waals surface area (Å²) in [6, 6.07) is 98.9. The van der Waals surface area contributed by atoms with Crippen LogP contribution in [0.3, 0.4) is 0 Å². The Hall–Kier alpha value is -8.56. The second kappa shape index (κ2) is 15.7. The lowest BCUT2D eigenvalue weighted by molar-refractivity contribution is 0.627. The zero-order chi connectivity index (χ0) is 48.5. The minimum absolute atomic E-state index is 0.185. The van der Waals surface area contributed by atoms with E-state index >= 15 is 0 Å². The third kappa shape index (κ3) is 5.73. The highest BCUT2D eigenvalue weighted by Gasteiger charge is 2.58. The predicted molar refractivity (Wildman–Crippen MR) is 306 cm³/mol. The third-order valence-corrected chi connectivity index (χ3v) is 18.0. The molecule has 3 aliphatic carbocycles. The maximum atomic E-state index is 2.55. The lowest BCUT2D eigenvalue weighted by Crippen LogP contribution is -2.44. The predicted octanol–water partition coefficient (Wildman–Crippen LogP) is 18.6. The second-order valence-corrected chi connectivity index (χ2v) is 21.7. The van der Waals surface area contributed by atoms with Gasteiger partial charge in [-0.05, 0) is 138 Å². The summed E-state index contributed by atoms with van der Waals surface area (Å²) in [5.74, 6) is 0. The van der Waals surface area contributed by atoms with Crippen LogP contribution in [0.25, 0.3) is 53.6 Å². The number of nitrogens with zero attached hydrogens (tertiary/aromatic N) is 1. The molecule has 1 heterocycles. The summed E-state index contributed by atoms with van der Waals surface area (Å²) in [7, 11) is 0. The van der Waals surface area contributed by atoms with Gasteiger partial charge in [-0.1, -0.05) is 226 Å². The highest BCUT2D eigenvalue weighted by molar-refractivity contribution is 7.25. The Bertz CT molecular complexity index is 4180. The SMILES string of the molecule is CC1(C)c2ccccc2-c2ccc(N(c3ccc(-c4ccc5sc6ccccc6c5c4)cc3)c3ccccc3C3(c4ccccc4)c4ccccc4C4(c5ccccc5)c5ccccc5-c5cccc3c54)cc21. The van der Waals surface area contributed by atoms with Crippen LogP contribution in [0.2, 0.25) is 0 Å². The van der Waals surface area contributed by atoms with Gasteiger partial charge < -0.3 is 4.90 Å². The van der Waals surface area contributed by atoms with Gasteiger partial charge in [0.25, 0.3) is 0 Å². The van der Waals surface area contributed by atoms with E-state index in [0.717, 1.165) is 17.1 Å². The van der Waals surface area contributed by atoms with E-state index in [2.05, 4.69) is 280 Å². The van der Waals surface area contributed by atoms with Crippen molar-refractivity contribution in [2.45, 2.75) is 30.1 Å². The van der Waals surface area contributed by atoms with Crippen LogP contribution in [-0.4, -0.2) is 0 Å². The van der Waals surface area contributed by atoms with Crippen LogP contribution in [0.1, 0.15) is 69.5 Å². The molecule has 73 heavy (non-hydrogen) atoms. The molecule has 0 N–H and O–H groups in total. The first-order chi connectivity index (χ1) is 36.0. The summed E-state index contributed by atoms with van der Waals surface area (Å²) in [5.41, 5.74) is 22.6. The summed E-state index contributed by atoms with van der Waals surface area (Å²) in [6.45, 7) is 4.77. The Morgan fingerprint density at radius 3 is 1.59 bits per heavy atom. The molecule has 0 bridgehead atoms. The first-order valence-electron chi connectivity index (χ1n) is 25.6. The first-order valence-corrected chi connectivity index (χ1v) is 26.4. The molecule has 344 valence electrons. The van der Waals surface area contributed by atoms with Crippen LogP contribution in [0.5, 0.6) is 0 Å². The topological polar surface area (TPSA) is 3.24 Å². The molecule has 0 saturated carbocycles. The molecule has 12 aromatic rings. The van der Waals surface area contributed by atoms with Crippen molar-refractivity contribution in [2.24, 2.45) is 0 Å². The van der Waals surface area contributed by atoms with Gasteiger partial charge in [0.05, 0.1) is 16.5 Å². The molecule has 0 aliphatic heterocycles. The Kier molecular flexibility index (Phi) is 9.08. The van der Waals surface area contributed by atoms with E-state index in [1.807, 2.05) is 11.3 Å². The Balaban J connectivity index is 1.01. The van der Waals surface area contributed by atoms with Crippen molar-refractivity contribution in [3.63, 3.8) is 0 Å². The van der Waals surface area contributed by atoms with Crippen molar-refractivity contribution < 1.29 is 0 Å². The second-order valence-electron chi connectivity index (χ2n) is 20.7. The van der Waals surface area contributed by atoms with E-state index in [1.54, 1.807) is 0 Å². The van der Waals surface area contributed by atoms with Gasteiger partial charge in [0.15, 0.2) is 0 Å². The number of rotatable bonds is 7. The van der Waals surface area contributed by atoms with Gasteiger partial charge in [-0.25, -0.2) is 0 Å². The van der Waals surface area contributed by atoms with Crippen molar-refractivity contribution in [2.75, 3.05) is 4.90 Å². The fourth-order valence-electron chi connectivity index (χ4n) is 13.8. The molecule has 0 spiro atoms. The number of para-hydroxylation sites is 1. The molecule has 2 atom stereocenters. The average Bonchev–Trinajstić information content (AvgIpc) is 4.11. The summed E-state index contributed by atoms with van der Waals surface area (Å²) in [6.07, 6.45) is 0. The first kappa shape index (κ1) is 42.2. The van der Waals surface area contributed by atoms with E-state index in [9.17, 15) is 0 Å². The number of hydrogen-bond acceptors (Lipinski definition) is 2. The fraction of sp³-hybridized carbons (Fsp3) is 0.0704. The largest absolute Gasteiger partial charge is 0.310 e. The maximum Gasteiger partial charge on any atom is 0.0728 e. The van der Waals surface area contributed by atoms with Gasteiger partial charge in [0, 0.05) is 37.0 Å². The van der Waals surface area contributed by atoms with Crippen molar-refractivity contribution in [1.29, 1.82) is 0 Å². The number of hydrogen-bond donors (Lipinski definition) is 0. The van der Waals surface area contributed by atoms with Gasteiger partial charge >= 0.3 is 0 Å². The highest BCUT2D eigenvalue weighted by Crippen LogP contribution is 2.67. The van der Waals surface area contributed by atoms with Crippen LogP contribution >= 0.6 is 11.3 Å². The number of anilines is 3. The van der Waals surface area contributed by atoms with Gasteiger partial charge in [-0.15, -0.1) is 11.3 Å². The van der Waals surface area contributed by atoms with E-state index in [-0.39, 0.29) is 5.41 Å². The molecular formula is C71H49NS. The normalized spacial score (nSPS) is 17.4. The fourth-order valence-corrected chi connectivity index (χ4v) is 14.9. The van der Waals surface area contributed by atoms with Crippen molar-refractivity contribution >= 4 is 48.6 Å². The summed E-state index contributed by atoms with van der Waals surface area (Å²) in [4.78, 5) is 2.55. The lowest BCUT2D eigenvalue weighted by atomic mass is 9.51. The maximum absolute atomic E-state index is 2.55. The minimum atomic E-state index is -0.747. The van der Waals surface area contributed by atoms with Gasteiger partial charge in [0.2, 0.25) is 0 Å². The molecule has 1 nitrogen and oxygen atoms in total. The van der Waals surface area contributed by atoms with E-state index in [0.29, 0.717) is 0 Å². The van der Waals surface area contributed by atoms with Crippen LogP contribution in [0, 0.1) is 0 Å². The van der Waals surface area contributed by atoms with Crippen LogP contribution in [0.4, 0.5) is 17.1 Å². The quantitative estimate of drug-likeness (QED) is 0.154. The number of thiophene rings is 1. The summed E-state index contributed by atoms with van der Waals surface area (Å²) < 4.78 is 2.64.